The molecular weight excluding hydrogens is 298 g/mol. The highest BCUT2D eigenvalue weighted by atomic mass is 16.2. The number of aromatic nitrogens is 2. The van der Waals surface area contributed by atoms with Gasteiger partial charge < -0.3 is 5.32 Å². The number of hydrogen-bond acceptors (Lipinski definition) is 2. The van der Waals surface area contributed by atoms with Gasteiger partial charge in [-0.25, -0.2) is 0 Å². The summed E-state index contributed by atoms with van der Waals surface area (Å²) >= 11 is 0. The highest BCUT2D eigenvalue weighted by Crippen LogP contribution is 2.20. The van der Waals surface area contributed by atoms with Crippen LogP contribution in [-0.2, 0) is 6.54 Å². The number of carbonyl (C=O) groups excluding carboxylic acids is 1. The topological polar surface area (TPSA) is 46.9 Å². The van der Waals surface area contributed by atoms with Crippen LogP contribution in [0.1, 0.15) is 32.9 Å². The van der Waals surface area contributed by atoms with Crippen molar-refractivity contribution in [3.63, 3.8) is 0 Å². The van der Waals surface area contributed by atoms with Gasteiger partial charge in [-0.15, -0.1) is 0 Å². The average Bonchev–Trinajstić information content (AvgIpc) is 2.93. The molecule has 1 amide bonds. The average molecular weight is 319 g/mol. The van der Waals surface area contributed by atoms with E-state index in [2.05, 4.69) is 22.5 Å². The molecule has 0 radical (unpaired) electrons. The lowest BCUT2D eigenvalue weighted by molar-refractivity contribution is 0.102. The number of carbonyl (C=O) groups is 1. The molecule has 122 valence electrons. The quantitative estimate of drug-likeness (QED) is 0.786. The summed E-state index contributed by atoms with van der Waals surface area (Å²) in [7, 11) is 0. The first-order valence-electron chi connectivity index (χ1n) is 8.00. The Kier molecular flexibility index (Phi) is 4.47. The lowest BCUT2D eigenvalue weighted by atomic mass is 10.1. The molecule has 4 heteroatoms. The van der Waals surface area contributed by atoms with Gasteiger partial charge in [0.1, 0.15) is 0 Å². The third kappa shape index (κ3) is 3.38. The van der Waals surface area contributed by atoms with E-state index >= 15 is 0 Å². The van der Waals surface area contributed by atoms with Crippen LogP contribution in [0.3, 0.4) is 0 Å². The second kappa shape index (κ2) is 6.71. The lowest BCUT2D eigenvalue weighted by Gasteiger charge is -2.10. The Labute approximate surface area is 142 Å². The molecule has 1 N–H and O–H groups in total. The Morgan fingerprint density at radius 2 is 1.67 bits per heavy atom. The maximum absolute atomic E-state index is 12.5. The SMILES string of the molecule is Cc1cccc(C)c1NC(=O)c1cc(C)n(Cc2ccccc2)n1. The van der Waals surface area contributed by atoms with Crippen LogP contribution in [0.25, 0.3) is 0 Å². The summed E-state index contributed by atoms with van der Waals surface area (Å²) in [6.07, 6.45) is 0. The molecule has 0 aliphatic rings. The molecule has 0 aliphatic heterocycles. The van der Waals surface area contributed by atoms with Crippen molar-refractivity contribution in [2.45, 2.75) is 27.3 Å². The van der Waals surface area contributed by atoms with Gasteiger partial charge in [-0.05, 0) is 43.5 Å². The highest BCUT2D eigenvalue weighted by Gasteiger charge is 2.14. The minimum atomic E-state index is -0.178. The van der Waals surface area contributed by atoms with Crippen molar-refractivity contribution in [1.82, 2.24) is 9.78 Å². The van der Waals surface area contributed by atoms with Gasteiger partial charge >= 0.3 is 0 Å². The zero-order valence-corrected chi connectivity index (χ0v) is 14.2. The van der Waals surface area contributed by atoms with Crippen molar-refractivity contribution < 1.29 is 4.79 Å². The van der Waals surface area contributed by atoms with Crippen LogP contribution in [0, 0.1) is 20.8 Å². The van der Waals surface area contributed by atoms with Crippen LogP contribution in [0.15, 0.2) is 54.6 Å². The number of benzene rings is 2. The highest BCUT2D eigenvalue weighted by molar-refractivity contribution is 6.03. The monoisotopic (exact) mass is 319 g/mol. The van der Waals surface area contributed by atoms with E-state index in [1.54, 1.807) is 0 Å². The van der Waals surface area contributed by atoms with Crippen molar-refractivity contribution in [2.75, 3.05) is 5.32 Å². The molecule has 4 nitrogen and oxygen atoms in total. The number of aryl methyl sites for hydroxylation is 3. The minimum absolute atomic E-state index is 0.178. The summed E-state index contributed by atoms with van der Waals surface area (Å²) in [6.45, 7) is 6.60. The molecule has 0 aliphatic carbocycles. The fourth-order valence-electron chi connectivity index (χ4n) is 2.73. The summed E-state index contributed by atoms with van der Waals surface area (Å²) in [6, 6.07) is 17.9. The van der Waals surface area contributed by atoms with Crippen LogP contribution in [0.4, 0.5) is 5.69 Å². The van der Waals surface area contributed by atoms with E-state index in [9.17, 15) is 4.79 Å². The van der Waals surface area contributed by atoms with E-state index in [1.165, 1.54) is 0 Å². The van der Waals surface area contributed by atoms with Gasteiger partial charge in [-0.1, -0.05) is 48.5 Å². The van der Waals surface area contributed by atoms with Gasteiger partial charge in [-0.2, -0.15) is 5.10 Å². The fourth-order valence-corrected chi connectivity index (χ4v) is 2.73. The third-order valence-corrected chi connectivity index (χ3v) is 4.11. The maximum Gasteiger partial charge on any atom is 0.276 e. The lowest BCUT2D eigenvalue weighted by Crippen LogP contribution is -2.15. The Bertz CT molecular complexity index is 846. The van der Waals surface area contributed by atoms with Crippen LogP contribution >= 0.6 is 0 Å². The van der Waals surface area contributed by atoms with E-state index in [1.807, 2.05) is 67.9 Å². The second-order valence-electron chi connectivity index (χ2n) is 6.04. The zero-order chi connectivity index (χ0) is 17.1. The molecule has 3 rings (SSSR count). The second-order valence-corrected chi connectivity index (χ2v) is 6.04. The third-order valence-electron chi connectivity index (χ3n) is 4.11. The largest absolute Gasteiger partial charge is 0.320 e. The summed E-state index contributed by atoms with van der Waals surface area (Å²) in [5.74, 6) is -0.178. The Morgan fingerprint density at radius 3 is 2.33 bits per heavy atom. The van der Waals surface area contributed by atoms with Gasteiger partial charge in [0.25, 0.3) is 5.91 Å². The number of rotatable bonds is 4. The molecule has 0 saturated heterocycles. The minimum Gasteiger partial charge on any atom is -0.320 e. The number of nitrogens with zero attached hydrogens (tertiary/aromatic N) is 2. The Balaban J connectivity index is 1.80. The predicted octanol–water partition coefficient (Wildman–Crippen LogP) is 4.11. The molecule has 1 aromatic heterocycles. The van der Waals surface area contributed by atoms with Crippen LogP contribution in [-0.4, -0.2) is 15.7 Å². The summed E-state index contributed by atoms with van der Waals surface area (Å²) in [5, 5.41) is 7.45. The van der Waals surface area contributed by atoms with Crippen molar-refractivity contribution >= 4 is 11.6 Å². The molecule has 0 spiro atoms. The van der Waals surface area contributed by atoms with Crippen molar-refractivity contribution in [3.8, 4) is 0 Å². The predicted molar refractivity (Wildman–Crippen MR) is 96.4 cm³/mol. The summed E-state index contributed by atoms with van der Waals surface area (Å²) in [5.41, 5.74) is 5.51. The van der Waals surface area contributed by atoms with Gasteiger partial charge in [0.05, 0.1) is 6.54 Å². The number of amides is 1. The number of nitrogens with one attached hydrogen (secondary N) is 1. The molecule has 0 saturated carbocycles. The molecule has 0 bridgehead atoms. The van der Waals surface area contributed by atoms with Crippen LogP contribution in [0.5, 0.6) is 0 Å². The number of hydrogen-bond donors (Lipinski definition) is 1. The first kappa shape index (κ1) is 16.0. The zero-order valence-electron chi connectivity index (χ0n) is 14.2. The molecule has 0 atom stereocenters. The first-order valence-corrected chi connectivity index (χ1v) is 8.00. The molecule has 0 unspecified atom stereocenters. The summed E-state index contributed by atoms with van der Waals surface area (Å²) < 4.78 is 1.86. The van der Waals surface area contributed by atoms with Crippen molar-refractivity contribution in [3.05, 3.63) is 82.7 Å². The van der Waals surface area contributed by atoms with Gasteiger partial charge in [-0.3, -0.25) is 9.48 Å². The Hall–Kier alpha value is -2.88. The van der Waals surface area contributed by atoms with Crippen LogP contribution < -0.4 is 5.32 Å². The van der Waals surface area contributed by atoms with Crippen LogP contribution in [0.2, 0.25) is 0 Å². The van der Waals surface area contributed by atoms with Gasteiger partial charge in [0.2, 0.25) is 0 Å². The van der Waals surface area contributed by atoms with E-state index in [4.69, 9.17) is 0 Å². The van der Waals surface area contributed by atoms with E-state index in [0.29, 0.717) is 12.2 Å². The molecule has 2 aromatic carbocycles. The molecule has 0 fully saturated rings. The fraction of sp³-hybridized carbons (Fsp3) is 0.200. The van der Waals surface area contributed by atoms with Gasteiger partial charge in [0.15, 0.2) is 5.69 Å². The molecule has 24 heavy (non-hydrogen) atoms. The first-order chi connectivity index (χ1) is 11.5. The van der Waals surface area contributed by atoms with E-state index in [0.717, 1.165) is 28.1 Å². The smallest absolute Gasteiger partial charge is 0.276 e. The molecular formula is C20H21N3O. The Morgan fingerprint density at radius 1 is 1.00 bits per heavy atom. The standard InChI is InChI=1S/C20H21N3O/c1-14-8-7-9-15(2)19(14)21-20(24)18-12-16(3)23(22-18)13-17-10-5-4-6-11-17/h4-12H,13H2,1-3H3,(H,21,24). The van der Waals surface area contributed by atoms with Crippen molar-refractivity contribution in [2.24, 2.45) is 0 Å². The molecule has 3 aromatic rings. The van der Waals surface area contributed by atoms with E-state index < -0.39 is 0 Å². The number of para-hydroxylation sites is 1. The number of anilines is 1. The van der Waals surface area contributed by atoms with Crippen molar-refractivity contribution in [1.29, 1.82) is 0 Å². The molecule has 1 heterocycles. The maximum atomic E-state index is 12.5. The van der Waals surface area contributed by atoms with E-state index in [-0.39, 0.29) is 5.91 Å². The van der Waals surface area contributed by atoms with Gasteiger partial charge in [0, 0.05) is 11.4 Å². The normalized spacial score (nSPS) is 10.6. The summed E-state index contributed by atoms with van der Waals surface area (Å²) in [4.78, 5) is 12.5.